The van der Waals surface area contributed by atoms with Gasteiger partial charge in [0.15, 0.2) is 11.7 Å². The van der Waals surface area contributed by atoms with Gasteiger partial charge in [-0.2, -0.15) is 10.5 Å². The lowest BCUT2D eigenvalue weighted by Crippen LogP contribution is -2.29. The van der Waals surface area contributed by atoms with Gasteiger partial charge in [-0.25, -0.2) is 0 Å². The van der Waals surface area contributed by atoms with Crippen molar-refractivity contribution < 1.29 is 4.79 Å². The zero-order chi connectivity index (χ0) is 10.5. The van der Waals surface area contributed by atoms with Crippen molar-refractivity contribution in [1.29, 1.82) is 10.5 Å². The van der Waals surface area contributed by atoms with Gasteiger partial charge in [-0.05, 0) is 6.42 Å². The molecule has 70 valence electrons. The van der Waals surface area contributed by atoms with Crippen LogP contribution in [0.4, 0.5) is 0 Å². The van der Waals surface area contributed by atoms with Crippen LogP contribution in [0.5, 0.6) is 0 Å². The van der Waals surface area contributed by atoms with E-state index in [-0.39, 0.29) is 5.78 Å². The van der Waals surface area contributed by atoms with Gasteiger partial charge in [0.2, 0.25) is 0 Å². The van der Waals surface area contributed by atoms with E-state index in [1.165, 1.54) is 0 Å². The van der Waals surface area contributed by atoms with Crippen molar-refractivity contribution in [3.63, 3.8) is 0 Å². The Balaban J connectivity index is 4.61. The fraction of sp³-hybridized carbons (Fsp3) is 0.700. The lowest BCUT2D eigenvalue weighted by Gasteiger charge is -2.22. The monoisotopic (exact) mass is 178 g/mol. The Morgan fingerprint density at radius 1 is 1.38 bits per heavy atom. The van der Waals surface area contributed by atoms with Crippen LogP contribution < -0.4 is 0 Å². The SMILES string of the molecule is CCCC(C)(C)C(=O)C(C#N)C#N. The Morgan fingerprint density at radius 2 is 1.85 bits per heavy atom. The number of Topliss-reactive ketones (excluding diaryl/α,β-unsaturated/α-hetero) is 1. The second-order valence-electron chi connectivity index (χ2n) is 3.69. The van der Waals surface area contributed by atoms with E-state index in [0.717, 1.165) is 6.42 Å². The molecule has 0 aromatic carbocycles. The van der Waals surface area contributed by atoms with Crippen LogP contribution in [-0.4, -0.2) is 5.78 Å². The van der Waals surface area contributed by atoms with Crippen LogP contribution in [0.25, 0.3) is 0 Å². The Bertz CT molecular complexity index is 254. The molecule has 0 N–H and O–H groups in total. The van der Waals surface area contributed by atoms with Crippen molar-refractivity contribution in [2.24, 2.45) is 11.3 Å². The second kappa shape index (κ2) is 4.62. The molecule has 0 fully saturated rings. The van der Waals surface area contributed by atoms with Crippen molar-refractivity contribution in [2.45, 2.75) is 33.6 Å². The quantitative estimate of drug-likeness (QED) is 0.661. The predicted molar refractivity (Wildman–Crippen MR) is 48.4 cm³/mol. The summed E-state index contributed by atoms with van der Waals surface area (Å²) < 4.78 is 0. The molecular formula is C10H14N2O. The first kappa shape index (κ1) is 11.6. The maximum atomic E-state index is 11.6. The van der Waals surface area contributed by atoms with Gasteiger partial charge in [0.05, 0.1) is 12.1 Å². The van der Waals surface area contributed by atoms with Gasteiger partial charge in [0, 0.05) is 5.41 Å². The molecular weight excluding hydrogens is 164 g/mol. The molecule has 0 aromatic heterocycles. The number of ketones is 1. The zero-order valence-electron chi connectivity index (χ0n) is 8.29. The van der Waals surface area contributed by atoms with Gasteiger partial charge < -0.3 is 0 Å². The fourth-order valence-electron chi connectivity index (χ4n) is 1.29. The summed E-state index contributed by atoms with van der Waals surface area (Å²) in [5.74, 6) is -1.37. The summed E-state index contributed by atoms with van der Waals surface area (Å²) in [6, 6.07) is 3.41. The van der Waals surface area contributed by atoms with Crippen molar-refractivity contribution in [3.8, 4) is 12.1 Å². The Morgan fingerprint density at radius 3 is 2.15 bits per heavy atom. The molecule has 13 heavy (non-hydrogen) atoms. The number of hydrogen-bond acceptors (Lipinski definition) is 3. The van der Waals surface area contributed by atoms with E-state index in [1.807, 2.05) is 6.92 Å². The standard InChI is InChI=1S/C10H14N2O/c1-4-5-10(2,3)9(13)8(6-11)7-12/h8H,4-5H2,1-3H3. The van der Waals surface area contributed by atoms with Crippen LogP contribution in [0.15, 0.2) is 0 Å². The molecule has 0 spiro atoms. The summed E-state index contributed by atoms with van der Waals surface area (Å²) in [4.78, 5) is 11.6. The maximum Gasteiger partial charge on any atom is 0.191 e. The minimum Gasteiger partial charge on any atom is -0.296 e. The lowest BCUT2D eigenvalue weighted by atomic mass is 9.79. The van der Waals surface area contributed by atoms with E-state index in [0.29, 0.717) is 6.42 Å². The molecule has 3 nitrogen and oxygen atoms in total. The summed E-state index contributed by atoms with van der Waals surface area (Å²) in [5, 5.41) is 17.1. The Kier molecular flexibility index (Phi) is 4.14. The molecule has 0 unspecified atom stereocenters. The molecule has 0 aliphatic carbocycles. The average Bonchev–Trinajstić information content (AvgIpc) is 2.06. The van der Waals surface area contributed by atoms with Crippen LogP contribution in [0.3, 0.4) is 0 Å². The highest BCUT2D eigenvalue weighted by atomic mass is 16.1. The fourth-order valence-corrected chi connectivity index (χ4v) is 1.29. The minimum absolute atomic E-state index is 0.264. The van der Waals surface area contributed by atoms with Crippen LogP contribution in [0, 0.1) is 34.0 Å². The molecule has 0 saturated carbocycles. The van der Waals surface area contributed by atoms with E-state index in [2.05, 4.69) is 0 Å². The highest BCUT2D eigenvalue weighted by Crippen LogP contribution is 2.26. The molecule has 0 bridgehead atoms. The normalized spacial score (nSPS) is 10.6. The zero-order valence-corrected chi connectivity index (χ0v) is 8.29. The van der Waals surface area contributed by atoms with E-state index < -0.39 is 11.3 Å². The molecule has 0 saturated heterocycles. The van der Waals surface area contributed by atoms with Crippen molar-refractivity contribution >= 4 is 5.78 Å². The number of nitrogens with zero attached hydrogens (tertiary/aromatic N) is 2. The van der Waals surface area contributed by atoms with Crippen molar-refractivity contribution in [3.05, 3.63) is 0 Å². The van der Waals surface area contributed by atoms with Crippen molar-refractivity contribution in [1.82, 2.24) is 0 Å². The van der Waals surface area contributed by atoms with Crippen LogP contribution in [-0.2, 0) is 4.79 Å². The topological polar surface area (TPSA) is 64.7 Å². The van der Waals surface area contributed by atoms with E-state index in [1.54, 1.807) is 26.0 Å². The summed E-state index contributed by atoms with van der Waals surface area (Å²) in [7, 11) is 0. The number of carbonyl (C=O) groups excluding carboxylic acids is 1. The summed E-state index contributed by atoms with van der Waals surface area (Å²) in [5.41, 5.74) is -0.551. The van der Waals surface area contributed by atoms with Gasteiger partial charge in [0.1, 0.15) is 0 Å². The average molecular weight is 178 g/mol. The number of rotatable bonds is 4. The molecule has 0 aromatic rings. The first-order chi connectivity index (χ1) is 5.99. The third kappa shape index (κ3) is 2.87. The third-order valence-electron chi connectivity index (χ3n) is 2.06. The van der Waals surface area contributed by atoms with E-state index >= 15 is 0 Å². The van der Waals surface area contributed by atoms with Gasteiger partial charge in [-0.3, -0.25) is 4.79 Å². The van der Waals surface area contributed by atoms with Gasteiger partial charge in [0.25, 0.3) is 0 Å². The second-order valence-corrected chi connectivity index (χ2v) is 3.69. The van der Waals surface area contributed by atoms with Gasteiger partial charge >= 0.3 is 0 Å². The van der Waals surface area contributed by atoms with E-state index in [4.69, 9.17) is 10.5 Å². The van der Waals surface area contributed by atoms with Crippen LogP contribution in [0.2, 0.25) is 0 Å². The molecule has 0 heterocycles. The van der Waals surface area contributed by atoms with Crippen LogP contribution >= 0.6 is 0 Å². The first-order valence-electron chi connectivity index (χ1n) is 4.33. The third-order valence-corrected chi connectivity index (χ3v) is 2.06. The van der Waals surface area contributed by atoms with Gasteiger partial charge in [-0.1, -0.05) is 27.2 Å². The highest BCUT2D eigenvalue weighted by molar-refractivity contribution is 5.90. The van der Waals surface area contributed by atoms with Gasteiger partial charge in [-0.15, -0.1) is 0 Å². The van der Waals surface area contributed by atoms with Crippen LogP contribution in [0.1, 0.15) is 33.6 Å². The minimum atomic E-state index is -1.11. The number of nitriles is 2. The highest BCUT2D eigenvalue weighted by Gasteiger charge is 2.32. The van der Waals surface area contributed by atoms with E-state index in [9.17, 15) is 4.79 Å². The Hall–Kier alpha value is -1.35. The van der Waals surface area contributed by atoms with Crippen molar-refractivity contribution in [2.75, 3.05) is 0 Å². The molecule has 0 atom stereocenters. The Labute approximate surface area is 79.0 Å². The number of hydrogen-bond donors (Lipinski definition) is 0. The molecule has 0 aliphatic heterocycles. The summed E-state index contributed by atoms with van der Waals surface area (Å²) >= 11 is 0. The lowest BCUT2D eigenvalue weighted by molar-refractivity contribution is -0.128. The molecule has 0 rings (SSSR count). The molecule has 0 radical (unpaired) electrons. The molecule has 0 amide bonds. The smallest absolute Gasteiger partial charge is 0.191 e. The number of carbonyl (C=O) groups is 1. The molecule has 3 heteroatoms. The molecule has 0 aliphatic rings. The largest absolute Gasteiger partial charge is 0.296 e. The predicted octanol–water partition coefficient (Wildman–Crippen LogP) is 2.05. The first-order valence-corrected chi connectivity index (χ1v) is 4.33. The summed E-state index contributed by atoms with van der Waals surface area (Å²) in [6.07, 6.45) is 1.59. The summed E-state index contributed by atoms with van der Waals surface area (Å²) in [6.45, 7) is 5.53. The maximum absolute atomic E-state index is 11.6.